The third-order valence-corrected chi connectivity index (χ3v) is 3.67. The molecule has 0 radical (unpaired) electrons. The minimum Gasteiger partial charge on any atom is -0.338 e. The van der Waals surface area contributed by atoms with Crippen molar-refractivity contribution in [3.05, 3.63) is 42.0 Å². The van der Waals surface area contributed by atoms with Crippen molar-refractivity contribution in [1.82, 2.24) is 25.0 Å². The third kappa shape index (κ3) is 3.28. The van der Waals surface area contributed by atoms with Gasteiger partial charge in [-0.2, -0.15) is 18.2 Å². The van der Waals surface area contributed by atoms with Crippen LogP contribution in [0, 0.1) is 0 Å². The summed E-state index contributed by atoms with van der Waals surface area (Å²) in [4.78, 5) is 4.16. The number of alkyl halides is 3. The van der Waals surface area contributed by atoms with Gasteiger partial charge in [0, 0.05) is 5.56 Å². The molecular weight excluding hydrogens is 333 g/mol. The zero-order chi connectivity index (χ0) is 16.4. The van der Waals surface area contributed by atoms with Crippen LogP contribution >= 0.6 is 11.8 Å². The number of nitrogens with two attached hydrogens (primary N) is 1. The summed E-state index contributed by atoms with van der Waals surface area (Å²) in [6.07, 6.45) is -4.66. The number of thioether (sulfide) groups is 1. The average molecular weight is 342 g/mol. The topological polar surface area (TPSA) is 95.7 Å². The molecule has 0 aliphatic carbocycles. The molecule has 2 aromatic heterocycles. The lowest BCUT2D eigenvalue weighted by molar-refractivity contribution is -0.146. The number of rotatable bonds is 4. The zero-order valence-corrected chi connectivity index (χ0v) is 12.2. The van der Waals surface area contributed by atoms with E-state index in [0.717, 1.165) is 17.3 Å². The lowest BCUT2D eigenvalue weighted by Gasteiger charge is -2.05. The number of halogens is 3. The van der Waals surface area contributed by atoms with E-state index in [1.165, 1.54) is 0 Å². The highest BCUT2D eigenvalue weighted by Gasteiger charge is 2.38. The summed E-state index contributed by atoms with van der Waals surface area (Å²) >= 11 is 0.914. The quantitative estimate of drug-likeness (QED) is 0.574. The van der Waals surface area contributed by atoms with Crippen LogP contribution in [0.1, 0.15) is 11.7 Å². The SMILES string of the molecule is Nn1c(SCc2nc(-c3ccccc3)no2)nnc1C(F)(F)F. The monoisotopic (exact) mass is 342 g/mol. The molecule has 2 N–H and O–H groups in total. The summed E-state index contributed by atoms with van der Waals surface area (Å²) in [5.74, 6) is 4.82. The van der Waals surface area contributed by atoms with Gasteiger partial charge in [-0.25, -0.2) is 4.68 Å². The maximum Gasteiger partial charge on any atom is 0.453 e. The Hall–Kier alpha value is -2.56. The largest absolute Gasteiger partial charge is 0.453 e. The molecular formula is C12H9F3N6OS. The van der Waals surface area contributed by atoms with Gasteiger partial charge >= 0.3 is 6.18 Å². The molecule has 0 atom stereocenters. The van der Waals surface area contributed by atoms with Gasteiger partial charge in [0.1, 0.15) is 0 Å². The summed E-state index contributed by atoms with van der Waals surface area (Å²) in [5, 5.41) is 10.1. The van der Waals surface area contributed by atoms with Gasteiger partial charge in [0.05, 0.1) is 5.75 Å². The van der Waals surface area contributed by atoms with Crippen LogP contribution in [0.25, 0.3) is 11.4 Å². The predicted molar refractivity (Wildman–Crippen MR) is 74.5 cm³/mol. The number of hydrogen-bond acceptors (Lipinski definition) is 7. The number of aromatic nitrogens is 5. The Labute approximate surface area is 131 Å². The van der Waals surface area contributed by atoms with Crippen LogP contribution < -0.4 is 5.84 Å². The molecule has 3 rings (SSSR count). The Bertz CT molecular complexity index is 801. The second kappa shape index (κ2) is 5.91. The average Bonchev–Trinajstić information content (AvgIpc) is 3.12. The van der Waals surface area contributed by atoms with E-state index in [1.807, 2.05) is 30.3 Å². The van der Waals surface area contributed by atoms with Gasteiger partial charge in [0.25, 0.3) is 5.82 Å². The van der Waals surface area contributed by atoms with Crippen molar-refractivity contribution in [3.63, 3.8) is 0 Å². The molecule has 0 unspecified atom stereocenters. The summed E-state index contributed by atoms with van der Waals surface area (Å²) in [7, 11) is 0. The number of hydrogen-bond donors (Lipinski definition) is 1. The molecule has 0 aliphatic heterocycles. The van der Waals surface area contributed by atoms with Crippen LogP contribution in [0.15, 0.2) is 40.0 Å². The minimum absolute atomic E-state index is 0.100. The maximum absolute atomic E-state index is 12.6. The highest BCUT2D eigenvalue weighted by molar-refractivity contribution is 7.98. The molecule has 0 saturated heterocycles. The molecule has 0 aliphatic rings. The van der Waals surface area contributed by atoms with Crippen LogP contribution in [0.5, 0.6) is 0 Å². The van der Waals surface area contributed by atoms with E-state index in [2.05, 4.69) is 20.3 Å². The van der Waals surface area contributed by atoms with Crippen molar-refractivity contribution >= 4 is 11.8 Å². The van der Waals surface area contributed by atoms with E-state index < -0.39 is 12.0 Å². The second-order valence-electron chi connectivity index (χ2n) is 4.34. The van der Waals surface area contributed by atoms with E-state index >= 15 is 0 Å². The van der Waals surface area contributed by atoms with E-state index in [1.54, 1.807) is 0 Å². The Balaban J connectivity index is 1.70. The first-order chi connectivity index (χ1) is 10.9. The predicted octanol–water partition coefficient (Wildman–Crippen LogP) is 2.35. The second-order valence-corrected chi connectivity index (χ2v) is 5.28. The van der Waals surface area contributed by atoms with Crippen molar-refractivity contribution < 1.29 is 17.7 Å². The van der Waals surface area contributed by atoms with Crippen molar-refractivity contribution in [1.29, 1.82) is 0 Å². The zero-order valence-electron chi connectivity index (χ0n) is 11.4. The molecule has 120 valence electrons. The van der Waals surface area contributed by atoms with Gasteiger partial charge in [-0.3, -0.25) is 0 Å². The highest BCUT2D eigenvalue weighted by atomic mass is 32.2. The molecule has 0 amide bonds. The Morgan fingerprint density at radius 3 is 2.57 bits per heavy atom. The van der Waals surface area contributed by atoms with Gasteiger partial charge in [0.15, 0.2) is 0 Å². The van der Waals surface area contributed by atoms with E-state index in [-0.39, 0.29) is 16.8 Å². The summed E-state index contributed by atoms with van der Waals surface area (Å²) < 4.78 is 43.1. The van der Waals surface area contributed by atoms with Gasteiger partial charge in [-0.1, -0.05) is 47.3 Å². The summed E-state index contributed by atoms with van der Waals surface area (Å²) in [6, 6.07) is 9.14. The van der Waals surface area contributed by atoms with E-state index in [4.69, 9.17) is 10.4 Å². The molecule has 23 heavy (non-hydrogen) atoms. The molecule has 0 spiro atoms. The lowest BCUT2D eigenvalue weighted by Crippen LogP contribution is -2.21. The van der Waals surface area contributed by atoms with Gasteiger partial charge < -0.3 is 10.4 Å². The highest BCUT2D eigenvalue weighted by Crippen LogP contribution is 2.29. The Morgan fingerprint density at radius 2 is 1.91 bits per heavy atom. The van der Waals surface area contributed by atoms with Crippen LogP contribution in [-0.4, -0.2) is 25.0 Å². The van der Waals surface area contributed by atoms with Gasteiger partial charge in [-0.05, 0) is 0 Å². The minimum atomic E-state index is -4.66. The molecule has 7 nitrogen and oxygen atoms in total. The van der Waals surface area contributed by atoms with Crippen LogP contribution in [0.4, 0.5) is 13.2 Å². The molecule has 11 heteroatoms. The fourth-order valence-corrected chi connectivity index (χ4v) is 2.41. The van der Waals surface area contributed by atoms with Crippen molar-refractivity contribution in [2.45, 2.75) is 17.1 Å². The fourth-order valence-electron chi connectivity index (χ4n) is 1.71. The summed E-state index contributed by atoms with van der Waals surface area (Å²) in [6.45, 7) is 0. The molecule has 0 fully saturated rings. The number of nitrogen functional groups attached to an aromatic ring is 1. The van der Waals surface area contributed by atoms with E-state index in [9.17, 15) is 13.2 Å². The molecule has 3 aromatic rings. The van der Waals surface area contributed by atoms with E-state index in [0.29, 0.717) is 10.5 Å². The standard InChI is InChI=1S/C12H9F3N6OS/c13-12(14,15)10-18-19-11(21(10)16)23-6-8-17-9(20-22-8)7-4-2-1-3-5-7/h1-5H,6,16H2. The molecule has 0 bridgehead atoms. The molecule has 0 saturated carbocycles. The van der Waals surface area contributed by atoms with Crippen LogP contribution in [0.3, 0.4) is 0 Å². The number of benzene rings is 1. The van der Waals surface area contributed by atoms with Gasteiger partial charge in [0.2, 0.25) is 16.9 Å². The van der Waals surface area contributed by atoms with Crippen LogP contribution in [-0.2, 0) is 11.9 Å². The Kier molecular flexibility index (Phi) is 3.94. The fraction of sp³-hybridized carbons (Fsp3) is 0.167. The van der Waals surface area contributed by atoms with Crippen LogP contribution in [0.2, 0.25) is 0 Å². The molecule has 2 heterocycles. The van der Waals surface area contributed by atoms with Crippen molar-refractivity contribution in [3.8, 4) is 11.4 Å². The van der Waals surface area contributed by atoms with Crippen molar-refractivity contribution in [2.24, 2.45) is 0 Å². The van der Waals surface area contributed by atoms with Gasteiger partial charge in [-0.15, -0.1) is 10.2 Å². The Morgan fingerprint density at radius 1 is 1.17 bits per heavy atom. The lowest BCUT2D eigenvalue weighted by atomic mass is 10.2. The first-order valence-electron chi connectivity index (χ1n) is 6.23. The first-order valence-corrected chi connectivity index (χ1v) is 7.22. The summed E-state index contributed by atoms with van der Waals surface area (Å²) in [5.41, 5.74) is 0.772. The normalized spacial score (nSPS) is 11.8. The number of nitrogens with zero attached hydrogens (tertiary/aromatic N) is 5. The molecule has 1 aromatic carbocycles. The smallest absolute Gasteiger partial charge is 0.338 e. The first kappa shape index (κ1) is 15.3. The van der Waals surface area contributed by atoms with Crippen molar-refractivity contribution in [2.75, 3.05) is 5.84 Å². The maximum atomic E-state index is 12.6. The third-order valence-electron chi connectivity index (χ3n) is 2.74.